The highest BCUT2D eigenvalue weighted by atomic mass is 19.2. The molecule has 1 saturated heterocycles. The van der Waals surface area contributed by atoms with Crippen molar-refractivity contribution in [3.63, 3.8) is 0 Å². The Kier molecular flexibility index (Phi) is 4.72. The molecule has 2 atom stereocenters. The van der Waals surface area contributed by atoms with Crippen LogP contribution in [0.1, 0.15) is 46.9 Å². The summed E-state index contributed by atoms with van der Waals surface area (Å²) in [5, 5.41) is 5.58. The molecule has 2 aromatic carbocycles. The third kappa shape index (κ3) is 3.12. The number of rotatable bonds is 2. The number of hydrogen-bond donors (Lipinski definition) is 0. The van der Waals surface area contributed by atoms with E-state index in [9.17, 15) is 18.0 Å². The summed E-state index contributed by atoms with van der Waals surface area (Å²) in [7, 11) is 1.71. The maximum atomic E-state index is 14.0. The van der Waals surface area contributed by atoms with Crippen molar-refractivity contribution >= 4 is 16.8 Å². The zero-order chi connectivity index (χ0) is 23.6. The van der Waals surface area contributed by atoms with E-state index in [0.29, 0.717) is 17.7 Å². The second-order valence-corrected chi connectivity index (χ2v) is 9.02. The summed E-state index contributed by atoms with van der Waals surface area (Å²) >= 11 is 0. The number of benzene rings is 2. The van der Waals surface area contributed by atoms with Crippen LogP contribution in [-0.4, -0.2) is 31.6 Å². The summed E-state index contributed by atoms with van der Waals surface area (Å²) in [5.74, 6) is -4.01. The number of halogens is 3. The number of amides is 1. The largest absolute Gasteiger partial charge is 0.327 e. The quantitative estimate of drug-likeness (QED) is 0.378. The molecule has 2 aromatic heterocycles. The molecule has 0 spiro atoms. The normalized spacial score (nSPS) is 19.4. The summed E-state index contributed by atoms with van der Waals surface area (Å²) < 4.78 is 43.1. The van der Waals surface area contributed by atoms with Crippen LogP contribution in [0.25, 0.3) is 22.2 Å². The van der Waals surface area contributed by atoms with Gasteiger partial charge in [-0.3, -0.25) is 14.5 Å². The Morgan fingerprint density at radius 3 is 2.65 bits per heavy atom. The molecule has 2 aliphatic rings. The standard InChI is InChI=1S/C26H21F3N4O/c1-32-25(16-11-19(27)23(29)20(28)12-16)18-13-17-5-2-6-22(24(18)31-32)33(17)26(34)15-7-8-21-14(10-15)4-3-9-30-21/h3-4,7-12,17,22H,2,5-6,13H2,1H3/t17-,22+/m1/s1. The van der Waals surface area contributed by atoms with E-state index in [4.69, 9.17) is 0 Å². The molecule has 0 aliphatic carbocycles. The van der Waals surface area contributed by atoms with Crippen LogP contribution >= 0.6 is 0 Å². The molecule has 5 nitrogen and oxygen atoms in total. The molecule has 0 N–H and O–H groups in total. The van der Waals surface area contributed by atoms with E-state index in [2.05, 4.69) is 10.1 Å². The Balaban J connectivity index is 1.42. The highest BCUT2D eigenvalue weighted by Crippen LogP contribution is 2.45. The Morgan fingerprint density at radius 1 is 1.06 bits per heavy atom. The van der Waals surface area contributed by atoms with Crippen LogP contribution < -0.4 is 0 Å². The molecule has 2 aliphatic heterocycles. The van der Waals surface area contributed by atoms with Crippen LogP contribution in [0, 0.1) is 17.5 Å². The van der Waals surface area contributed by atoms with Crippen LogP contribution in [0.3, 0.4) is 0 Å². The van der Waals surface area contributed by atoms with Crippen LogP contribution in [-0.2, 0) is 13.5 Å². The highest BCUT2D eigenvalue weighted by Gasteiger charge is 2.43. The average molecular weight is 462 g/mol. The lowest BCUT2D eigenvalue weighted by Crippen LogP contribution is -2.49. The lowest BCUT2D eigenvalue weighted by molar-refractivity contribution is 0.0392. The fourth-order valence-corrected chi connectivity index (χ4v) is 5.56. The van der Waals surface area contributed by atoms with E-state index in [1.807, 2.05) is 29.2 Å². The molecule has 0 saturated carbocycles. The molecule has 0 radical (unpaired) electrons. The molecule has 8 heteroatoms. The number of piperidine rings is 1. The highest BCUT2D eigenvalue weighted by molar-refractivity contribution is 5.98. The monoisotopic (exact) mass is 462 g/mol. The predicted molar refractivity (Wildman–Crippen MR) is 121 cm³/mol. The van der Waals surface area contributed by atoms with Gasteiger partial charge in [0.1, 0.15) is 0 Å². The molecule has 0 unspecified atom stereocenters. The van der Waals surface area contributed by atoms with Crippen molar-refractivity contribution in [2.24, 2.45) is 7.05 Å². The summed E-state index contributed by atoms with van der Waals surface area (Å²) in [4.78, 5) is 19.9. The topological polar surface area (TPSA) is 51.0 Å². The number of aryl methyl sites for hydroxylation is 1. The van der Waals surface area contributed by atoms with E-state index < -0.39 is 17.5 Å². The molecule has 4 heterocycles. The molecule has 1 fully saturated rings. The van der Waals surface area contributed by atoms with Gasteiger partial charge in [0.05, 0.1) is 22.9 Å². The SMILES string of the molecule is Cn1nc2c(c1-c1cc(F)c(F)c(F)c1)C[C@H]1CCC[C@@H]2N1C(=O)c1ccc2ncccc2c1. The first-order valence-corrected chi connectivity index (χ1v) is 11.3. The van der Waals surface area contributed by atoms with Crippen LogP contribution in [0.15, 0.2) is 48.7 Å². The van der Waals surface area contributed by atoms with Crippen molar-refractivity contribution in [3.8, 4) is 11.3 Å². The summed E-state index contributed by atoms with van der Waals surface area (Å²) in [6.45, 7) is 0. The maximum Gasteiger partial charge on any atom is 0.254 e. The van der Waals surface area contributed by atoms with Crippen molar-refractivity contribution in [3.05, 3.63) is 82.9 Å². The Bertz CT molecular complexity index is 1440. The molecule has 4 aromatic rings. The molecular weight excluding hydrogens is 441 g/mol. The lowest BCUT2D eigenvalue weighted by Gasteiger charge is -2.45. The number of carbonyl (C=O) groups excluding carboxylic acids is 1. The fourth-order valence-electron chi connectivity index (χ4n) is 5.56. The van der Waals surface area contributed by atoms with E-state index in [1.54, 1.807) is 24.0 Å². The number of carbonyl (C=O) groups is 1. The summed E-state index contributed by atoms with van der Waals surface area (Å²) in [6, 6.07) is 11.0. The minimum atomic E-state index is -1.49. The first-order valence-electron chi connectivity index (χ1n) is 11.3. The number of pyridine rings is 1. The van der Waals surface area contributed by atoms with Gasteiger partial charge >= 0.3 is 0 Å². The van der Waals surface area contributed by atoms with Crippen LogP contribution in [0.4, 0.5) is 13.2 Å². The zero-order valence-corrected chi connectivity index (χ0v) is 18.4. The minimum absolute atomic E-state index is 0.0542. The van der Waals surface area contributed by atoms with Gasteiger partial charge < -0.3 is 4.90 Å². The number of nitrogens with zero attached hydrogens (tertiary/aromatic N) is 4. The van der Waals surface area contributed by atoms with Gasteiger partial charge in [0.2, 0.25) is 0 Å². The summed E-state index contributed by atoms with van der Waals surface area (Å²) in [6.07, 6.45) is 4.80. The predicted octanol–water partition coefficient (Wildman–Crippen LogP) is 5.34. The van der Waals surface area contributed by atoms with Gasteiger partial charge in [-0.1, -0.05) is 6.07 Å². The molecule has 1 amide bonds. The second-order valence-electron chi connectivity index (χ2n) is 9.02. The molecule has 6 rings (SSSR count). The number of aromatic nitrogens is 3. The minimum Gasteiger partial charge on any atom is -0.327 e. The smallest absolute Gasteiger partial charge is 0.254 e. The van der Waals surface area contributed by atoms with E-state index in [0.717, 1.165) is 53.6 Å². The van der Waals surface area contributed by atoms with Gasteiger partial charge in [0, 0.05) is 41.4 Å². The van der Waals surface area contributed by atoms with Crippen LogP contribution in [0.5, 0.6) is 0 Å². The van der Waals surface area contributed by atoms with Crippen molar-refractivity contribution in [1.82, 2.24) is 19.7 Å². The molecular formula is C26H21F3N4O. The third-order valence-corrected chi connectivity index (χ3v) is 7.02. The first-order chi connectivity index (χ1) is 16.4. The lowest BCUT2D eigenvalue weighted by atomic mass is 9.81. The number of fused-ring (bicyclic) bond motifs is 5. The van der Waals surface area contributed by atoms with Gasteiger partial charge in [0.25, 0.3) is 5.91 Å². The van der Waals surface area contributed by atoms with Crippen molar-refractivity contribution in [2.45, 2.75) is 37.8 Å². The van der Waals surface area contributed by atoms with Gasteiger partial charge in [-0.05, 0) is 62.1 Å². The maximum absolute atomic E-state index is 14.0. The first kappa shape index (κ1) is 20.9. The summed E-state index contributed by atoms with van der Waals surface area (Å²) in [5.41, 5.74) is 3.85. The van der Waals surface area contributed by atoms with Gasteiger partial charge in [0.15, 0.2) is 17.5 Å². The molecule has 2 bridgehead atoms. The second kappa shape index (κ2) is 7.68. The average Bonchev–Trinajstić information content (AvgIpc) is 3.16. The Hall–Kier alpha value is -3.68. The fraction of sp³-hybridized carbons (Fsp3) is 0.269. The van der Waals surface area contributed by atoms with Gasteiger partial charge in [-0.15, -0.1) is 0 Å². The molecule has 34 heavy (non-hydrogen) atoms. The van der Waals surface area contributed by atoms with Gasteiger partial charge in [-0.2, -0.15) is 5.10 Å². The van der Waals surface area contributed by atoms with Crippen molar-refractivity contribution in [1.29, 1.82) is 0 Å². The Morgan fingerprint density at radius 2 is 1.85 bits per heavy atom. The number of hydrogen-bond acceptors (Lipinski definition) is 3. The van der Waals surface area contributed by atoms with Crippen LogP contribution in [0.2, 0.25) is 0 Å². The third-order valence-electron chi connectivity index (χ3n) is 7.02. The van der Waals surface area contributed by atoms with E-state index in [1.165, 1.54) is 0 Å². The zero-order valence-electron chi connectivity index (χ0n) is 18.4. The van der Waals surface area contributed by atoms with Crippen molar-refractivity contribution < 1.29 is 18.0 Å². The van der Waals surface area contributed by atoms with E-state index >= 15 is 0 Å². The van der Waals surface area contributed by atoms with E-state index in [-0.39, 0.29) is 23.6 Å². The Labute approximate surface area is 193 Å². The van der Waals surface area contributed by atoms with Gasteiger partial charge in [-0.25, -0.2) is 13.2 Å². The molecule has 172 valence electrons. The van der Waals surface area contributed by atoms with Crippen molar-refractivity contribution in [2.75, 3.05) is 0 Å².